The second kappa shape index (κ2) is 7.09. The van der Waals surface area contributed by atoms with Crippen LogP contribution >= 0.6 is 11.3 Å². The van der Waals surface area contributed by atoms with Gasteiger partial charge in [-0.2, -0.15) is 5.26 Å². The molecular weight excluding hydrogens is 364 g/mol. The van der Waals surface area contributed by atoms with Crippen LogP contribution in [0.4, 0.5) is 18.6 Å². The van der Waals surface area contributed by atoms with Crippen LogP contribution in [0.2, 0.25) is 0 Å². The molecule has 9 heteroatoms. The van der Waals surface area contributed by atoms with Crippen molar-refractivity contribution in [3.63, 3.8) is 0 Å². The van der Waals surface area contributed by atoms with Gasteiger partial charge in [-0.15, -0.1) is 11.3 Å². The van der Waals surface area contributed by atoms with Crippen molar-refractivity contribution >= 4 is 28.3 Å². The summed E-state index contributed by atoms with van der Waals surface area (Å²) in [6.07, 6.45) is -0.0603. The standard InChI is InChI=1S/C17H13F2N3O3S/c1-25-17(24)22-6-5-9-10(7-20)16(26-13(9)8-22)21-15(23)14-11(18)3-2-4-12(14)19/h2-4H,5-6,8H2,1H3,(H,21,23). The number of carbonyl (C=O) groups excluding carboxylic acids is 2. The van der Waals surface area contributed by atoms with E-state index in [1.54, 1.807) is 0 Å². The third-order valence-corrected chi connectivity index (χ3v) is 5.15. The highest BCUT2D eigenvalue weighted by Gasteiger charge is 2.28. The Morgan fingerprint density at radius 2 is 2.04 bits per heavy atom. The zero-order valence-corrected chi connectivity index (χ0v) is 14.5. The number of anilines is 1. The van der Waals surface area contributed by atoms with Gasteiger partial charge in [-0.05, 0) is 24.1 Å². The van der Waals surface area contributed by atoms with Gasteiger partial charge in [0, 0.05) is 11.4 Å². The van der Waals surface area contributed by atoms with E-state index in [0.717, 1.165) is 40.0 Å². The van der Waals surface area contributed by atoms with Crippen molar-refractivity contribution in [1.82, 2.24) is 4.90 Å². The normalized spacial score (nSPS) is 12.9. The Hall–Kier alpha value is -2.99. The Balaban J connectivity index is 1.91. The average molecular weight is 377 g/mol. The highest BCUT2D eigenvalue weighted by molar-refractivity contribution is 7.16. The molecule has 1 aliphatic rings. The summed E-state index contributed by atoms with van der Waals surface area (Å²) in [5.74, 6) is -2.95. The SMILES string of the molecule is COC(=O)N1CCc2c(sc(NC(=O)c3c(F)cccc3F)c2C#N)C1. The maximum atomic E-state index is 13.8. The van der Waals surface area contributed by atoms with Gasteiger partial charge in [0.05, 0.1) is 19.2 Å². The van der Waals surface area contributed by atoms with E-state index in [9.17, 15) is 23.6 Å². The fraction of sp³-hybridized carbons (Fsp3) is 0.235. The molecule has 0 unspecified atom stereocenters. The monoisotopic (exact) mass is 377 g/mol. The largest absolute Gasteiger partial charge is 0.453 e. The molecule has 0 aliphatic carbocycles. The highest BCUT2D eigenvalue weighted by Crippen LogP contribution is 2.37. The predicted molar refractivity (Wildman–Crippen MR) is 89.9 cm³/mol. The fourth-order valence-corrected chi connectivity index (χ4v) is 3.98. The number of hydrogen-bond donors (Lipinski definition) is 1. The van der Waals surface area contributed by atoms with Gasteiger partial charge in [-0.25, -0.2) is 13.6 Å². The van der Waals surface area contributed by atoms with E-state index in [-0.39, 0.29) is 17.1 Å². The van der Waals surface area contributed by atoms with Gasteiger partial charge in [0.2, 0.25) is 0 Å². The maximum absolute atomic E-state index is 13.8. The molecule has 1 aliphatic heterocycles. The summed E-state index contributed by atoms with van der Waals surface area (Å²) in [7, 11) is 1.28. The molecule has 0 saturated carbocycles. The van der Waals surface area contributed by atoms with Gasteiger partial charge in [0.1, 0.15) is 28.3 Å². The number of ether oxygens (including phenoxy) is 1. The molecule has 0 fully saturated rings. The molecule has 0 spiro atoms. The van der Waals surface area contributed by atoms with Crippen molar-refractivity contribution in [2.75, 3.05) is 19.0 Å². The van der Waals surface area contributed by atoms with Gasteiger partial charge in [-0.1, -0.05) is 6.07 Å². The van der Waals surface area contributed by atoms with Gasteiger partial charge in [-0.3, -0.25) is 4.79 Å². The summed E-state index contributed by atoms with van der Waals surface area (Å²) in [6.45, 7) is 0.617. The number of halogens is 2. The number of amides is 2. The first-order chi connectivity index (χ1) is 12.5. The van der Waals surface area contributed by atoms with Gasteiger partial charge in [0.15, 0.2) is 0 Å². The number of hydrogen-bond acceptors (Lipinski definition) is 5. The van der Waals surface area contributed by atoms with E-state index in [2.05, 4.69) is 5.32 Å². The molecule has 0 saturated heterocycles. The number of nitrogens with zero attached hydrogens (tertiary/aromatic N) is 2. The molecule has 134 valence electrons. The van der Waals surface area contributed by atoms with Crippen molar-refractivity contribution in [3.8, 4) is 6.07 Å². The van der Waals surface area contributed by atoms with Crippen LogP contribution in [-0.4, -0.2) is 30.6 Å². The summed E-state index contributed by atoms with van der Waals surface area (Å²) in [4.78, 5) is 26.1. The zero-order valence-electron chi connectivity index (χ0n) is 13.6. The molecule has 1 aromatic carbocycles. The fourth-order valence-electron chi connectivity index (χ4n) is 2.78. The van der Waals surface area contributed by atoms with E-state index >= 15 is 0 Å². The Kier molecular flexibility index (Phi) is 4.86. The van der Waals surface area contributed by atoms with Crippen LogP contribution < -0.4 is 5.32 Å². The first kappa shape index (κ1) is 17.8. The summed E-state index contributed by atoms with van der Waals surface area (Å²) in [6, 6.07) is 5.15. The molecule has 6 nitrogen and oxygen atoms in total. The third-order valence-electron chi connectivity index (χ3n) is 4.02. The number of methoxy groups -OCH3 is 1. The number of thiophene rings is 1. The smallest absolute Gasteiger partial charge is 0.409 e. The molecule has 1 aromatic heterocycles. The lowest BCUT2D eigenvalue weighted by Crippen LogP contribution is -2.35. The minimum atomic E-state index is -0.987. The summed E-state index contributed by atoms with van der Waals surface area (Å²) in [5, 5.41) is 12.1. The van der Waals surface area contributed by atoms with E-state index < -0.39 is 29.2 Å². The average Bonchev–Trinajstić information content (AvgIpc) is 2.96. The summed E-state index contributed by atoms with van der Waals surface area (Å²) >= 11 is 1.10. The number of nitriles is 1. The molecule has 2 aromatic rings. The lowest BCUT2D eigenvalue weighted by atomic mass is 10.0. The Morgan fingerprint density at radius 3 is 2.65 bits per heavy atom. The van der Waals surface area contributed by atoms with Crippen molar-refractivity contribution in [1.29, 1.82) is 5.26 Å². The predicted octanol–water partition coefficient (Wildman–Crippen LogP) is 3.27. The Labute approximate surface area is 151 Å². The summed E-state index contributed by atoms with van der Waals surface area (Å²) in [5.41, 5.74) is 0.264. The first-order valence-electron chi connectivity index (χ1n) is 7.59. The number of nitrogens with one attached hydrogen (secondary N) is 1. The Bertz CT molecular complexity index is 916. The molecular formula is C17H13F2N3O3S. The molecule has 3 rings (SSSR count). The summed E-state index contributed by atoms with van der Waals surface area (Å²) < 4.78 is 32.2. The molecule has 2 amide bonds. The third kappa shape index (κ3) is 3.11. The van der Waals surface area contributed by atoms with Crippen LogP contribution in [-0.2, 0) is 17.7 Å². The second-order valence-corrected chi connectivity index (χ2v) is 6.62. The van der Waals surface area contributed by atoms with E-state index in [0.29, 0.717) is 13.0 Å². The lowest BCUT2D eigenvalue weighted by Gasteiger charge is -2.25. The number of carbonyl (C=O) groups is 2. The molecule has 26 heavy (non-hydrogen) atoms. The van der Waals surface area contributed by atoms with Gasteiger partial charge in [0.25, 0.3) is 5.91 Å². The van der Waals surface area contributed by atoms with Crippen LogP contribution in [0.5, 0.6) is 0 Å². The highest BCUT2D eigenvalue weighted by atomic mass is 32.1. The van der Waals surface area contributed by atoms with Crippen LogP contribution in [0.3, 0.4) is 0 Å². The van der Waals surface area contributed by atoms with E-state index in [4.69, 9.17) is 4.74 Å². The van der Waals surface area contributed by atoms with Crippen LogP contribution in [0, 0.1) is 23.0 Å². The topological polar surface area (TPSA) is 82.4 Å². The van der Waals surface area contributed by atoms with Crippen LogP contribution in [0.25, 0.3) is 0 Å². The van der Waals surface area contributed by atoms with Crippen LogP contribution in [0.1, 0.15) is 26.4 Å². The van der Waals surface area contributed by atoms with Gasteiger partial charge < -0.3 is 15.0 Å². The number of rotatable bonds is 2. The molecule has 1 N–H and O–H groups in total. The minimum Gasteiger partial charge on any atom is -0.453 e. The molecule has 0 atom stereocenters. The quantitative estimate of drug-likeness (QED) is 0.871. The lowest BCUT2D eigenvalue weighted by molar-refractivity contribution is 0.101. The molecule has 0 bridgehead atoms. The zero-order chi connectivity index (χ0) is 18.8. The van der Waals surface area contributed by atoms with Crippen LogP contribution in [0.15, 0.2) is 18.2 Å². The van der Waals surface area contributed by atoms with Crippen molar-refractivity contribution in [3.05, 3.63) is 51.4 Å². The van der Waals surface area contributed by atoms with Crippen molar-refractivity contribution in [2.24, 2.45) is 0 Å². The number of benzene rings is 1. The maximum Gasteiger partial charge on any atom is 0.409 e. The van der Waals surface area contributed by atoms with Gasteiger partial charge >= 0.3 is 6.09 Å². The first-order valence-corrected chi connectivity index (χ1v) is 8.40. The minimum absolute atomic E-state index is 0.205. The van der Waals surface area contributed by atoms with Crippen molar-refractivity contribution in [2.45, 2.75) is 13.0 Å². The molecule has 0 radical (unpaired) electrons. The second-order valence-electron chi connectivity index (χ2n) is 5.51. The van der Waals surface area contributed by atoms with E-state index in [1.807, 2.05) is 6.07 Å². The molecule has 2 heterocycles. The van der Waals surface area contributed by atoms with E-state index in [1.165, 1.54) is 12.0 Å². The van der Waals surface area contributed by atoms with Crippen molar-refractivity contribution < 1.29 is 23.1 Å². The Morgan fingerprint density at radius 1 is 1.35 bits per heavy atom. The number of fused-ring (bicyclic) bond motifs is 1.